The van der Waals surface area contributed by atoms with Gasteiger partial charge in [0.2, 0.25) is 0 Å². The molecule has 0 aliphatic heterocycles. The summed E-state index contributed by atoms with van der Waals surface area (Å²) in [6.45, 7) is 0. The van der Waals surface area contributed by atoms with Crippen LogP contribution in [0.4, 0.5) is 0 Å². The van der Waals surface area contributed by atoms with Gasteiger partial charge in [0.25, 0.3) is 5.56 Å². The average molecular weight is 238 g/mol. The molecule has 3 rings (SSSR count). The van der Waals surface area contributed by atoms with Crippen molar-refractivity contribution in [2.75, 3.05) is 0 Å². The molecule has 0 bridgehead atoms. The third-order valence-electron chi connectivity index (χ3n) is 3.32. The maximum Gasteiger partial charge on any atom is 0.281 e. The SMILES string of the molecule is Cn1c(C2=CC=CCC2)nc(=O)c2ccccc21. The quantitative estimate of drug-likeness (QED) is 0.765. The van der Waals surface area contributed by atoms with Crippen molar-refractivity contribution in [3.05, 3.63) is 58.7 Å². The van der Waals surface area contributed by atoms with Gasteiger partial charge in [-0.3, -0.25) is 4.79 Å². The van der Waals surface area contributed by atoms with Crippen molar-refractivity contribution < 1.29 is 0 Å². The second kappa shape index (κ2) is 4.26. The molecule has 0 radical (unpaired) electrons. The molecule has 0 N–H and O–H groups in total. The Labute approximate surface area is 105 Å². The summed E-state index contributed by atoms with van der Waals surface area (Å²) in [6, 6.07) is 7.60. The van der Waals surface area contributed by atoms with Crippen LogP contribution in [0.1, 0.15) is 18.7 Å². The van der Waals surface area contributed by atoms with Crippen molar-refractivity contribution in [2.45, 2.75) is 12.8 Å². The largest absolute Gasteiger partial charge is 0.328 e. The highest BCUT2D eigenvalue weighted by Crippen LogP contribution is 2.22. The van der Waals surface area contributed by atoms with Crippen molar-refractivity contribution in [1.82, 2.24) is 9.55 Å². The predicted octanol–water partition coefficient (Wildman–Crippen LogP) is 2.67. The zero-order valence-electron chi connectivity index (χ0n) is 10.3. The Hall–Kier alpha value is -2.16. The summed E-state index contributed by atoms with van der Waals surface area (Å²) >= 11 is 0. The fraction of sp³-hybridized carbons (Fsp3) is 0.200. The Kier molecular flexibility index (Phi) is 2.59. The average Bonchev–Trinajstić information content (AvgIpc) is 2.44. The third-order valence-corrected chi connectivity index (χ3v) is 3.32. The van der Waals surface area contributed by atoms with Gasteiger partial charge in [0.05, 0.1) is 10.9 Å². The number of aromatic nitrogens is 2. The highest BCUT2D eigenvalue weighted by molar-refractivity contribution is 5.80. The van der Waals surface area contributed by atoms with E-state index in [0.717, 1.165) is 29.8 Å². The molecule has 0 unspecified atom stereocenters. The van der Waals surface area contributed by atoms with Gasteiger partial charge in [-0.25, -0.2) is 0 Å². The first kappa shape index (κ1) is 11.0. The zero-order valence-corrected chi connectivity index (χ0v) is 10.3. The molecule has 2 aromatic rings. The number of aryl methyl sites for hydroxylation is 1. The van der Waals surface area contributed by atoms with Crippen molar-refractivity contribution >= 4 is 16.5 Å². The minimum absolute atomic E-state index is 0.144. The summed E-state index contributed by atoms with van der Waals surface area (Å²) in [5.41, 5.74) is 1.92. The van der Waals surface area contributed by atoms with Crippen LogP contribution in [0.25, 0.3) is 16.5 Å². The van der Waals surface area contributed by atoms with Gasteiger partial charge < -0.3 is 4.57 Å². The molecule has 3 nitrogen and oxygen atoms in total. The topological polar surface area (TPSA) is 34.9 Å². The maximum absolute atomic E-state index is 12.0. The summed E-state index contributed by atoms with van der Waals surface area (Å²) in [4.78, 5) is 16.3. The van der Waals surface area contributed by atoms with E-state index in [2.05, 4.69) is 11.1 Å². The number of hydrogen-bond acceptors (Lipinski definition) is 2. The van der Waals surface area contributed by atoms with Crippen LogP contribution in [0.2, 0.25) is 0 Å². The molecule has 0 saturated heterocycles. The maximum atomic E-state index is 12.0. The molecular weight excluding hydrogens is 224 g/mol. The standard InChI is InChI=1S/C15H14N2O/c1-17-13-10-6-5-9-12(13)15(18)16-14(17)11-7-3-2-4-8-11/h2-3,5-7,9-10H,4,8H2,1H3. The van der Waals surface area contributed by atoms with Gasteiger partial charge in [-0.05, 0) is 30.5 Å². The zero-order chi connectivity index (χ0) is 12.5. The number of allylic oxidation sites excluding steroid dienone is 4. The second-order valence-electron chi connectivity index (χ2n) is 4.48. The van der Waals surface area contributed by atoms with E-state index in [1.54, 1.807) is 0 Å². The molecular formula is C15H14N2O. The lowest BCUT2D eigenvalue weighted by atomic mass is 10.0. The lowest BCUT2D eigenvalue weighted by Gasteiger charge is -2.14. The minimum atomic E-state index is -0.144. The normalized spacial score (nSPS) is 14.8. The molecule has 1 aliphatic rings. The van der Waals surface area contributed by atoms with E-state index >= 15 is 0 Å². The molecule has 1 aromatic carbocycles. The van der Waals surface area contributed by atoms with Crippen LogP contribution < -0.4 is 5.56 Å². The third kappa shape index (κ3) is 1.68. The summed E-state index contributed by atoms with van der Waals surface area (Å²) < 4.78 is 2.00. The van der Waals surface area contributed by atoms with Crippen LogP contribution in [0.3, 0.4) is 0 Å². The highest BCUT2D eigenvalue weighted by atomic mass is 16.1. The fourth-order valence-electron chi connectivity index (χ4n) is 2.37. The Morgan fingerprint density at radius 2 is 2.11 bits per heavy atom. The Morgan fingerprint density at radius 1 is 1.28 bits per heavy atom. The van der Waals surface area contributed by atoms with E-state index in [0.29, 0.717) is 5.39 Å². The van der Waals surface area contributed by atoms with E-state index in [1.165, 1.54) is 0 Å². The van der Waals surface area contributed by atoms with Gasteiger partial charge in [-0.2, -0.15) is 4.98 Å². The molecule has 0 spiro atoms. The van der Waals surface area contributed by atoms with Crippen LogP contribution in [-0.2, 0) is 7.05 Å². The van der Waals surface area contributed by atoms with Crippen molar-refractivity contribution in [3.63, 3.8) is 0 Å². The molecule has 0 amide bonds. The lowest BCUT2D eigenvalue weighted by molar-refractivity contribution is 0.856. The van der Waals surface area contributed by atoms with Crippen LogP contribution in [0.5, 0.6) is 0 Å². The number of para-hydroxylation sites is 1. The van der Waals surface area contributed by atoms with Crippen LogP contribution >= 0.6 is 0 Å². The van der Waals surface area contributed by atoms with Crippen LogP contribution in [0.15, 0.2) is 47.3 Å². The van der Waals surface area contributed by atoms with E-state index in [1.807, 2.05) is 48.0 Å². The van der Waals surface area contributed by atoms with Crippen molar-refractivity contribution in [2.24, 2.45) is 7.05 Å². The summed E-state index contributed by atoms with van der Waals surface area (Å²) in [6.07, 6.45) is 8.15. The van der Waals surface area contributed by atoms with Crippen molar-refractivity contribution in [3.8, 4) is 0 Å². The number of rotatable bonds is 1. The van der Waals surface area contributed by atoms with Crippen LogP contribution in [0, 0.1) is 0 Å². The fourth-order valence-corrected chi connectivity index (χ4v) is 2.37. The molecule has 1 aliphatic carbocycles. The summed E-state index contributed by atoms with van der Waals surface area (Å²) in [5, 5.41) is 0.677. The van der Waals surface area contributed by atoms with Gasteiger partial charge in [0.15, 0.2) is 0 Å². The first-order chi connectivity index (χ1) is 8.77. The van der Waals surface area contributed by atoms with Gasteiger partial charge in [0, 0.05) is 7.05 Å². The number of nitrogens with zero attached hydrogens (tertiary/aromatic N) is 2. The van der Waals surface area contributed by atoms with Crippen LogP contribution in [-0.4, -0.2) is 9.55 Å². The first-order valence-electron chi connectivity index (χ1n) is 6.09. The molecule has 0 atom stereocenters. The van der Waals surface area contributed by atoms with Gasteiger partial charge in [-0.15, -0.1) is 0 Å². The molecule has 1 heterocycles. The predicted molar refractivity (Wildman–Crippen MR) is 73.3 cm³/mol. The van der Waals surface area contributed by atoms with Gasteiger partial charge in [0.1, 0.15) is 5.82 Å². The van der Waals surface area contributed by atoms with E-state index in [-0.39, 0.29) is 5.56 Å². The first-order valence-corrected chi connectivity index (χ1v) is 6.09. The van der Waals surface area contributed by atoms with Gasteiger partial charge in [-0.1, -0.05) is 30.4 Å². The molecule has 3 heteroatoms. The smallest absolute Gasteiger partial charge is 0.281 e. The molecule has 1 aromatic heterocycles. The van der Waals surface area contributed by atoms with Gasteiger partial charge >= 0.3 is 0 Å². The molecule has 0 saturated carbocycles. The summed E-state index contributed by atoms with van der Waals surface area (Å²) in [5.74, 6) is 0.781. The molecule has 0 fully saturated rings. The van der Waals surface area contributed by atoms with Crippen molar-refractivity contribution in [1.29, 1.82) is 0 Å². The van der Waals surface area contributed by atoms with E-state index in [4.69, 9.17) is 0 Å². The number of fused-ring (bicyclic) bond motifs is 1. The van der Waals surface area contributed by atoms with E-state index < -0.39 is 0 Å². The number of hydrogen-bond donors (Lipinski definition) is 0. The van der Waals surface area contributed by atoms with E-state index in [9.17, 15) is 4.79 Å². The highest BCUT2D eigenvalue weighted by Gasteiger charge is 2.12. The molecule has 90 valence electrons. The molecule has 18 heavy (non-hydrogen) atoms. The Bertz CT molecular complexity index is 723. The number of benzene rings is 1. The lowest BCUT2D eigenvalue weighted by Crippen LogP contribution is -2.16. The Morgan fingerprint density at radius 3 is 2.89 bits per heavy atom. The summed E-state index contributed by atoms with van der Waals surface area (Å²) in [7, 11) is 1.96. The monoisotopic (exact) mass is 238 g/mol. The Balaban J connectivity index is 2.31. The minimum Gasteiger partial charge on any atom is -0.328 e. The second-order valence-corrected chi connectivity index (χ2v) is 4.48.